The molecular formula is C30H37N3O6. The number of fused-ring (bicyclic) bond motifs is 1. The average Bonchev–Trinajstić information content (AvgIpc) is 3.20. The summed E-state index contributed by atoms with van der Waals surface area (Å²) >= 11 is 0. The Kier molecular flexibility index (Phi) is 7.53. The van der Waals surface area contributed by atoms with Gasteiger partial charge < -0.3 is 24.4 Å². The van der Waals surface area contributed by atoms with Crippen molar-refractivity contribution >= 4 is 23.4 Å². The van der Waals surface area contributed by atoms with E-state index < -0.39 is 0 Å². The summed E-state index contributed by atoms with van der Waals surface area (Å²) in [6, 6.07) is 10.8. The minimum absolute atomic E-state index is 0.0319. The first-order valence-electron chi connectivity index (χ1n) is 13.6. The molecule has 0 unspecified atom stereocenters. The molecular weight excluding hydrogens is 498 g/mol. The molecule has 3 aliphatic rings. The molecule has 0 bridgehead atoms. The summed E-state index contributed by atoms with van der Waals surface area (Å²) in [7, 11) is 3.17. The largest absolute Gasteiger partial charge is 0.493 e. The fourth-order valence-electron chi connectivity index (χ4n) is 6.03. The van der Waals surface area contributed by atoms with Crippen molar-refractivity contribution in [2.24, 2.45) is 5.92 Å². The number of rotatable bonds is 7. The first-order chi connectivity index (χ1) is 18.7. The molecule has 39 heavy (non-hydrogen) atoms. The lowest BCUT2D eigenvalue weighted by atomic mass is 9.93. The Morgan fingerprint density at radius 2 is 1.87 bits per heavy atom. The highest BCUT2D eigenvalue weighted by Gasteiger charge is 2.45. The van der Waals surface area contributed by atoms with Gasteiger partial charge in [-0.25, -0.2) is 0 Å². The van der Waals surface area contributed by atoms with Crippen molar-refractivity contribution in [2.75, 3.05) is 38.8 Å². The Hall–Kier alpha value is -3.59. The van der Waals surface area contributed by atoms with E-state index in [1.165, 1.54) is 4.90 Å². The van der Waals surface area contributed by atoms with Crippen molar-refractivity contribution in [3.63, 3.8) is 0 Å². The van der Waals surface area contributed by atoms with E-state index in [0.29, 0.717) is 55.2 Å². The maximum absolute atomic E-state index is 13.7. The predicted octanol–water partition coefficient (Wildman–Crippen LogP) is 3.79. The molecule has 3 heterocycles. The molecule has 0 saturated carbocycles. The minimum Gasteiger partial charge on any atom is -0.493 e. The van der Waals surface area contributed by atoms with Gasteiger partial charge in [-0.05, 0) is 69.4 Å². The molecule has 2 saturated heterocycles. The van der Waals surface area contributed by atoms with Gasteiger partial charge in [0.2, 0.25) is 5.91 Å². The van der Waals surface area contributed by atoms with Crippen molar-refractivity contribution in [2.45, 2.75) is 57.7 Å². The Labute approximate surface area is 229 Å². The molecule has 1 N–H and O–H groups in total. The first-order valence-corrected chi connectivity index (χ1v) is 13.6. The molecule has 2 aromatic carbocycles. The molecule has 0 spiro atoms. The third-order valence-corrected chi connectivity index (χ3v) is 8.01. The number of nitrogens with one attached hydrogen (secondary N) is 1. The average molecular weight is 536 g/mol. The normalized spacial score (nSPS) is 22.5. The quantitative estimate of drug-likeness (QED) is 0.539. The van der Waals surface area contributed by atoms with Crippen molar-refractivity contribution in [1.29, 1.82) is 0 Å². The van der Waals surface area contributed by atoms with Crippen LogP contribution in [0.25, 0.3) is 0 Å². The van der Waals surface area contributed by atoms with Crippen LogP contribution in [0.2, 0.25) is 0 Å². The van der Waals surface area contributed by atoms with Gasteiger partial charge in [0.05, 0.1) is 42.6 Å². The van der Waals surface area contributed by atoms with Crippen LogP contribution in [0.1, 0.15) is 65.8 Å². The van der Waals surface area contributed by atoms with Gasteiger partial charge in [-0.1, -0.05) is 12.1 Å². The molecule has 208 valence electrons. The highest BCUT2D eigenvalue weighted by atomic mass is 16.5. The Balaban J connectivity index is 1.29. The second-order valence-electron chi connectivity index (χ2n) is 11.1. The molecule has 0 aromatic heterocycles. The molecule has 0 aliphatic carbocycles. The number of ether oxygens (including phenoxy) is 3. The first kappa shape index (κ1) is 27.0. The van der Waals surface area contributed by atoms with E-state index in [-0.39, 0.29) is 35.3 Å². The van der Waals surface area contributed by atoms with Crippen LogP contribution in [0.3, 0.4) is 0 Å². The van der Waals surface area contributed by atoms with Crippen LogP contribution in [0.4, 0.5) is 5.69 Å². The fourth-order valence-corrected chi connectivity index (χ4v) is 6.03. The molecule has 3 aliphatic heterocycles. The second kappa shape index (κ2) is 10.9. The number of imide groups is 1. The van der Waals surface area contributed by atoms with Gasteiger partial charge in [0, 0.05) is 32.3 Å². The van der Waals surface area contributed by atoms with Gasteiger partial charge in [-0.3, -0.25) is 19.3 Å². The van der Waals surface area contributed by atoms with Gasteiger partial charge in [0.25, 0.3) is 11.8 Å². The molecule has 9 nitrogen and oxygen atoms in total. The van der Waals surface area contributed by atoms with Gasteiger partial charge in [-0.15, -0.1) is 0 Å². The number of hydrogen-bond acceptors (Lipinski definition) is 7. The Bertz CT molecular complexity index is 1280. The van der Waals surface area contributed by atoms with Crippen molar-refractivity contribution in [1.82, 2.24) is 10.2 Å². The summed E-state index contributed by atoms with van der Waals surface area (Å²) in [5, 5.41) is 3.05. The smallest absolute Gasteiger partial charge is 0.263 e. The number of benzene rings is 2. The molecule has 3 amide bonds. The zero-order valence-corrected chi connectivity index (χ0v) is 23.1. The van der Waals surface area contributed by atoms with Crippen molar-refractivity contribution in [3.05, 3.63) is 53.1 Å². The molecule has 2 fully saturated rings. The number of nitrogens with zero attached hydrogens (tertiary/aromatic N) is 2. The highest BCUT2D eigenvalue weighted by Crippen LogP contribution is 2.38. The molecule has 5 rings (SSSR count). The third-order valence-electron chi connectivity index (χ3n) is 8.01. The van der Waals surface area contributed by atoms with E-state index in [2.05, 4.69) is 10.2 Å². The summed E-state index contributed by atoms with van der Waals surface area (Å²) < 4.78 is 16.5. The monoisotopic (exact) mass is 535 g/mol. The summed E-state index contributed by atoms with van der Waals surface area (Å²) in [6.07, 6.45) is 2.83. The number of carbonyl (C=O) groups excluding carboxylic acids is 3. The van der Waals surface area contributed by atoms with E-state index in [0.717, 1.165) is 30.6 Å². The summed E-state index contributed by atoms with van der Waals surface area (Å²) in [5.41, 5.74) is 2.16. The standard InChI is InChI=1S/C30H37N3O6/c1-30(2)16-21(12-14-39-30)33-28(35)22-8-5-9-23(26(22)29(33)36)32-13-6-7-20(18-32)27(34)31-17-19-10-11-24(37-3)25(15-19)38-4/h5,8-11,15,20-21H,6-7,12-14,16-18H2,1-4H3,(H,31,34)/t20-,21+/m0/s1. The van der Waals surface area contributed by atoms with Crippen molar-refractivity contribution < 1.29 is 28.6 Å². The van der Waals surface area contributed by atoms with Crippen LogP contribution >= 0.6 is 0 Å². The van der Waals surface area contributed by atoms with Gasteiger partial charge in [-0.2, -0.15) is 0 Å². The number of piperidine rings is 1. The topological polar surface area (TPSA) is 97.4 Å². The predicted molar refractivity (Wildman–Crippen MR) is 146 cm³/mol. The number of hydrogen-bond donors (Lipinski definition) is 1. The van der Waals surface area contributed by atoms with Crippen molar-refractivity contribution in [3.8, 4) is 11.5 Å². The SMILES string of the molecule is COc1ccc(CNC(=O)[C@H]2CCCN(c3cccc4c3C(=O)N([C@@H]3CCOC(C)(C)C3)C4=O)C2)cc1OC. The highest BCUT2D eigenvalue weighted by molar-refractivity contribution is 6.24. The number of amides is 3. The molecule has 2 aromatic rings. The zero-order chi connectivity index (χ0) is 27.7. The molecule has 0 radical (unpaired) electrons. The number of carbonyl (C=O) groups is 3. The molecule has 2 atom stereocenters. The van der Waals surface area contributed by atoms with Crippen LogP contribution in [-0.4, -0.2) is 68.2 Å². The van der Waals surface area contributed by atoms with E-state index >= 15 is 0 Å². The fraction of sp³-hybridized carbons (Fsp3) is 0.500. The van der Waals surface area contributed by atoms with E-state index in [1.54, 1.807) is 20.3 Å². The van der Waals surface area contributed by atoms with Crippen LogP contribution < -0.4 is 19.7 Å². The summed E-state index contributed by atoms with van der Waals surface area (Å²) in [4.78, 5) is 43.8. The van der Waals surface area contributed by atoms with E-state index in [4.69, 9.17) is 14.2 Å². The number of methoxy groups -OCH3 is 2. The summed E-state index contributed by atoms with van der Waals surface area (Å²) in [6.45, 7) is 6.09. The summed E-state index contributed by atoms with van der Waals surface area (Å²) in [5.74, 6) is 0.514. The maximum Gasteiger partial charge on any atom is 0.263 e. The minimum atomic E-state index is -0.383. The van der Waals surface area contributed by atoms with Crippen LogP contribution in [0.5, 0.6) is 11.5 Å². The van der Waals surface area contributed by atoms with Gasteiger partial charge in [0.1, 0.15) is 0 Å². The third kappa shape index (κ3) is 5.32. The molecule has 9 heteroatoms. The lowest BCUT2D eigenvalue weighted by molar-refractivity contribution is -0.125. The van der Waals surface area contributed by atoms with Crippen LogP contribution in [0, 0.1) is 5.92 Å². The lowest BCUT2D eigenvalue weighted by Gasteiger charge is -2.39. The van der Waals surface area contributed by atoms with Gasteiger partial charge >= 0.3 is 0 Å². The van der Waals surface area contributed by atoms with E-state index in [9.17, 15) is 14.4 Å². The zero-order valence-electron chi connectivity index (χ0n) is 23.1. The maximum atomic E-state index is 13.7. The van der Waals surface area contributed by atoms with Crippen LogP contribution in [-0.2, 0) is 16.1 Å². The lowest BCUT2D eigenvalue weighted by Crippen LogP contribution is -2.48. The number of anilines is 1. The van der Waals surface area contributed by atoms with Crippen LogP contribution in [0.15, 0.2) is 36.4 Å². The Morgan fingerprint density at radius 1 is 1.08 bits per heavy atom. The Morgan fingerprint density at radius 3 is 2.62 bits per heavy atom. The second-order valence-corrected chi connectivity index (χ2v) is 11.1. The van der Waals surface area contributed by atoms with E-state index in [1.807, 2.05) is 44.2 Å². The van der Waals surface area contributed by atoms with Gasteiger partial charge in [0.15, 0.2) is 11.5 Å².